The summed E-state index contributed by atoms with van der Waals surface area (Å²) in [6.45, 7) is 4.60. The molecule has 5 nitrogen and oxygen atoms in total. The largest absolute Gasteiger partial charge is 0.493 e. The number of unbranched alkanes of at least 4 members (excludes halogenated alkanes) is 1. The SMILES string of the molecule is CCCCc1ccc(NC(=O)NCc2ccc(OC)c(OC)c2)c(C)c1. The average molecular weight is 356 g/mol. The van der Waals surface area contributed by atoms with Crippen LogP contribution in [0, 0.1) is 6.92 Å². The highest BCUT2D eigenvalue weighted by Crippen LogP contribution is 2.27. The number of hydrogen-bond donors (Lipinski definition) is 2. The fourth-order valence-corrected chi connectivity index (χ4v) is 2.74. The lowest BCUT2D eigenvalue weighted by molar-refractivity contribution is 0.251. The summed E-state index contributed by atoms with van der Waals surface area (Å²) in [5.41, 5.74) is 4.14. The first kappa shape index (κ1) is 19.6. The monoisotopic (exact) mass is 356 g/mol. The molecule has 2 rings (SSSR count). The van der Waals surface area contributed by atoms with E-state index in [4.69, 9.17) is 9.47 Å². The molecule has 2 N–H and O–H groups in total. The van der Waals surface area contributed by atoms with Crippen LogP contribution in [0.1, 0.15) is 36.5 Å². The van der Waals surface area contributed by atoms with E-state index >= 15 is 0 Å². The molecule has 0 aliphatic rings. The summed E-state index contributed by atoms with van der Waals surface area (Å²) in [6.07, 6.45) is 3.43. The zero-order valence-electron chi connectivity index (χ0n) is 16.0. The van der Waals surface area contributed by atoms with E-state index in [0.29, 0.717) is 18.0 Å². The number of carbonyl (C=O) groups excluding carboxylic acids is 1. The van der Waals surface area contributed by atoms with Crippen molar-refractivity contribution in [3.8, 4) is 11.5 Å². The molecule has 0 radical (unpaired) electrons. The number of methoxy groups -OCH3 is 2. The second-order valence-electron chi connectivity index (χ2n) is 6.25. The van der Waals surface area contributed by atoms with Crippen LogP contribution >= 0.6 is 0 Å². The lowest BCUT2D eigenvalue weighted by Gasteiger charge is -2.13. The molecule has 140 valence electrons. The van der Waals surface area contributed by atoms with Crippen molar-refractivity contribution >= 4 is 11.7 Å². The molecule has 2 aromatic rings. The molecule has 0 aliphatic heterocycles. The quantitative estimate of drug-likeness (QED) is 0.722. The van der Waals surface area contributed by atoms with Gasteiger partial charge in [-0.1, -0.05) is 31.5 Å². The maximum atomic E-state index is 12.2. The molecule has 0 aliphatic carbocycles. The Morgan fingerprint density at radius 3 is 2.38 bits per heavy atom. The van der Waals surface area contributed by atoms with Gasteiger partial charge in [-0.2, -0.15) is 0 Å². The third-order valence-corrected chi connectivity index (χ3v) is 4.26. The topological polar surface area (TPSA) is 59.6 Å². The van der Waals surface area contributed by atoms with Gasteiger partial charge in [-0.05, 0) is 54.7 Å². The molecule has 0 aromatic heterocycles. The van der Waals surface area contributed by atoms with Gasteiger partial charge in [-0.25, -0.2) is 4.79 Å². The standard InChI is InChI=1S/C21H28N2O3/c1-5-6-7-16-8-10-18(15(2)12-16)23-21(24)22-14-17-9-11-19(25-3)20(13-17)26-4/h8-13H,5-7,14H2,1-4H3,(H2,22,23,24). The number of ether oxygens (including phenoxy) is 2. The van der Waals surface area contributed by atoms with Gasteiger partial charge < -0.3 is 20.1 Å². The zero-order chi connectivity index (χ0) is 18.9. The van der Waals surface area contributed by atoms with E-state index in [-0.39, 0.29) is 6.03 Å². The van der Waals surface area contributed by atoms with E-state index in [1.54, 1.807) is 14.2 Å². The Kier molecular flexibility index (Phi) is 7.33. The maximum Gasteiger partial charge on any atom is 0.319 e. The lowest BCUT2D eigenvalue weighted by Crippen LogP contribution is -2.28. The number of urea groups is 1. The fourth-order valence-electron chi connectivity index (χ4n) is 2.74. The Morgan fingerprint density at radius 1 is 1.00 bits per heavy atom. The van der Waals surface area contributed by atoms with Crippen molar-refractivity contribution in [1.82, 2.24) is 5.32 Å². The van der Waals surface area contributed by atoms with Gasteiger partial charge in [0.1, 0.15) is 0 Å². The summed E-state index contributed by atoms with van der Waals surface area (Å²) in [5.74, 6) is 1.31. The van der Waals surface area contributed by atoms with Crippen LogP contribution in [-0.4, -0.2) is 20.3 Å². The number of anilines is 1. The van der Waals surface area contributed by atoms with Crippen molar-refractivity contribution < 1.29 is 14.3 Å². The molecule has 0 saturated heterocycles. The van der Waals surface area contributed by atoms with E-state index in [1.807, 2.05) is 31.2 Å². The third-order valence-electron chi connectivity index (χ3n) is 4.26. The summed E-state index contributed by atoms with van der Waals surface area (Å²) < 4.78 is 10.5. The molecule has 26 heavy (non-hydrogen) atoms. The molecule has 2 aromatic carbocycles. The minimum atomic E-state index is -0.232. The van der Waals surface area contributed by atoms with Crippen molar-refractivity contribution in [3.05, 3.63) is 53.1 Å². The van der Waals surface area contributed by atoms with Gasteiger partial charge in [0.2, 0.25) is 0 Å². The molecular weight excluding hydrogens is 328 g/mol. The summed E-state index contributed by atoms with van der Waals surface area (Å²) in [4.78, 5) is 12.2. The zero-order valence-corrected chi connectivity index (χ0v) is 16.0. The molecule has 0 bridgehead atoms. The molecule has 0 unspecified atom stereocenters. The van der Waals surface area contributed by atoms with Gasteiger partial charge in [0.25, 0.3) is 0 Å². The van der Waals surface area contributed by atoms with Crippen molar-refractivity contribution in [2.45, 2.75) is 39.7 Å². The molecule has 0 spiro atoms. The van der Waals surface area contributed by atoms with Crippen LogP contribution in [0.2, 0.25) is 0 Å². The van der Waals surface area contributed by atoms with Crippen LogP contribution in [0.25, 0.3) is 0 Å². The Bertz CT molecular complexity index is 744. The Balaban J connectivity index is 1.92. The summed E-state index contributed by atoms with van der Waals surface area (Å²) in [7, 11) is 3.19. The average Bonchev–Trinajstić information content (AvgIpc) is 2.66. The minimum Gasteiger partial charge on any atom is -0.493 e. The molecule has 5 heteroatoms. The van der Waals surface area contributed by atoms with Crippen LogP contribution in [0.4, 0.5) is 10.5 Å². The molecular formula is C21H28N2O3. The van der Waals surface area contributed by atoms with E-state index in [0.717, 1.165) is 23.2 Å². The van der Waals surface area contributed by atoms with Crippen molar-refractivity contribution in [2.24, 2.45) is 0 Å². The third kappa shape index (κ3) is 5.41. The molecule has 0 heterocycles. The second-order valence-corrected chi connectivity index (χ2v) is 6.25. The first-order valence-electron chi connectivity index (χ1n) is 8.92. The molecule has 2 amide bonds. The van der Waals surface area contributed by atoms with Crippen LogP contribution in [0.15, 0.2) is 36.4 Å². The highest BCUT2D eigenvalue weighted by Gasteiger charge is 2.08. The Hall–Kier alpha value is -2.69. The number of hydrogen-bond acceptors (Lipinski definition) is 3. The van der Waals surface area contributed by atoms with Crippen LogP contribution in [-0.2, 0) is 13.0 Å². The van der Waals surface area contributed by atoms with Crippen LogP contribution in [0.3, 0.4) is 0 Å². The first-order valence-corrected chi connectivity index (χ1v) is 8.92. The molecule has 0 fully saturated rings. The van der Waals surface area contributed by atoms with Crippen LogP contribution in [0.5, 0.6) is 11.5 Å². The van der Waals surface area contributed by atoms with Crippen LogP contribution < -0.4 is 20.1 Å². The van der Waals surface area contributed by atoms with Gasteiger partial charge >= 0.3 is 6.03 Å². The number of aryl methyl sites for hydroxylation is 2. The predicted octanol–water partition coefficient (Wildman–Crippen LogP) is 4.68. The summed E-state index contributed by atoms with van der Waals surface area (Å²) >= 11 is 0. The Labute approximate surface area is 155 Å². The number of carbonyl (C=O) groups is 1. The van der Waals surface area contributed by atoms with Gasteiger partial charge in [0, 0.05) is 12.2 Å². The smallest absolute Gasteiger partial charge is 0.319 e. The molecule has 0 saturated carbocycles. The van der Waals surface area contributed by atoms with Gasteiger partial charge in [0.15, 0.2) is 11.5 Å². The number of amides is 2. The highest BCUT2D eigenvalue weighted by molar-refractivity contribution is 5.90. The maximum absolute atomic E-state index is 12.2. The normalized spacial score (nSPS) is 10.3. The number of benzene rings is 2. The molecule has 0 atom stereocenters. The van der Waals surface area contributed by atoms with Crippen molar-refractivity contribution in [2.75, 3.05) is 19.5 Å². The van der Waals surface area contributed by atoms with E-state index < -0.39 is 0 Å². The van der Waals surface area contributed by atoms with Crippen molar-refractivity contribution in [3.63, 3.8) is 0 Å². The van der Waals surface area contributed by atoms with E-state index in [9.17, 15) is 4.79 Å². The minimum absolute atomic E-state index is 0.232. The lowest BCUT2D eigenvalue weighted by atomic mass is 10.0. The summed E-state index contributed by atoms with van der Waals surface area (Å²) in [5, 5.41) is 5.77. The Morgan fingerprint density at radius 2 is 1.73 bits per heavy atom. The number of nitrogens with one attached hydrogen (secondary N) is 2. The number of rotatable bonds is 8. The fraction of sp³-hybridized carbons (Fsp3) is 0.381. The van der Waals surface area contributed by atoms with Gasteiger partial charge in [0.05, 0.1) is 14.2 Å². The van der Waals surface area contributed by atoms with Crippen molar-refractivity contribution in [1.29, 1.82) is 0 Å². The predicted molar refractivity (Wildman–Crippen MR) is 105 cm³/mol. The highest BCUT2D eigenvalue weighted by atomic mass is 16.5. The summed E-state index contributed by atoms with van der Waals surface area (Å²) in [6, 6.07) is 11.5. The van der Waals surface area contributed by atoms with E-state index in [1.165, 1.54) is 18.4 Å². The van der Waals surface area contributed by atoms with Gasteiger partial charge in [-0.15, -0.1) is 0 Å². The second kappa shape index (κ2) is 9.70. The van der Waals surface area contributed by atoms with E-state index in [2.05, 4.69) is 29.7 Å². The van der Waals surface area contributed by atoms with Gasteiger partial charge in [-0.3, -0.25) is 0 Å². The first-order chi connectivity index (χ1) is 12.6.